The number of hydrogen-bond acceptors (Lipinski definition) is 7. The second-order valence-electron chi connectivity index (χ2n) is 10.3. The van der Waals surface area contributed by atoms with Gasteiger partial charge in [0.15, 0.2) is 0 Å². The van der Waals surface area contributed by atoms with Crippen LogP contribution in [0.2, 0.25) is 0 Å². The average molecular weight is 577 g/mol. The van der Waals surface area contributed by atoms with E-state index in [1.165, 1.54) is 41.7 Å². The third-order valence-corrected chi connectivity index (χ3v) is 9.79. The molecule has 2 fully saturated rings. The minimum absolute atomic E-state index is 0.0566. The van der Waals surface area contributed by atoms with Gasteiger partial charge in [0.05, 0.1) is 28.9 Å². The highest BCUT2D eigenvalue weighted by atomic mass is 32.2. The lowest BCUT2D eigenvalue weighted by molar-refractivity contribution is -0.385. The lowest BCUT2D eigenvalue weighted by Gasteiger charge is -2.30. The monoisotopic (exact) mass is 576 g/mol. The molecule has 2 atom stereocenters. The summed E-state index contributed by atoms with van der Waals surface area (Å²) in [4.78, 5) is 10.5. The van der Waals surface area contributed by atoms with Crippen molar-refractivity contribution in [3.63, 3.8) is 0 Å². The Kier molecular flexibility index (Phi) is 9.83. The average Bonchev–Trinajstić information content (AvgIpc) is 3.66. The van der Waals surface area contributed by atoms with E-state index < -0.39 is 0 Å². The lowest BCUT2D eigenvalue weighted by atomic mass is 9.88. The van der Waals surface area contributed by atoms with Crippen molar-refractivity contribution in [1.82, 2.24) is 19.6 Å². The van der Waals surface area contributed by atoms with Crippen LogP contribution in [-0.2, 0) is 0 Å². The Bertz CT molecular complexity index is 1330. The number of benzene rings is 2. The topological polar surface area (TPSA) is 105 Å². The Labute approximate surface area is 243 Å². The molecule has 210 valence electrons. The van der Waals surface area contributed by atoms with E-state index in [0.717, 1.165) is 30.0 Å². The van der Waals surface area contributed by atoms with E-state index in [0.29, 0.717) is 17.9 Å². The standard InChI is InChI=1S/C15H17N3O2S.C15H19N3S/c19-18(20)14-10-16-17(11-14)15(12-4-2-1-3-5-12)13-6-8-21-9-7-13;16-14-10-17-18(11-14)15(12-4-2-1-3-5-12)13-6-8-19-9-7-13/h1-5,10-11,13,15H,6-9H2;1-5,10-11,13,15H,6-9,16H2. The fourth-order valence-corrected chi connectivity index (χ4v) is 8.01. The molecular formula is C30H36N6O2S2. The van der Waals surface area contributed by atoms with Crippen molar-refractivity contribution in [1.29, 1.82) is 0 Å². The zero-order valence-corrected chi connectivity index (χ0v) is 24.1. The number of rotatable bonds is 7. The number of nitro groups is 1. The Morgan fingerprint density at radius 2 is 1.20 bits per heavy atom. The Morgan fingerprint density at radius 1 is 0.750 bits per heavy atom. The van der Waals surface area contributed by atoms with E-state index in [-0.39, 0.29) is 16.7 Å². The van der Waals surface area contributed by atoms with E-state index in [2.05, 4.69) is 64.4 Å². The lowest BCUT2D eigenvalue weighted by Crippen LogP contribution is -2.24. The first-order chi connectivity index (χ1) is 19.6. The van der Waals surface area contributed by atoms with Gasteiger partial charge in [-0.05, 0) is 71.7 Å². The Morgan fingerprint density at radius 3 is 1.60 bits per heavy atom. The van der Waals surface area contributed by atoms with Gasteiger partial charge in [-0.2, -0.15) is 33.7 Å². The summed E-state index contributed by atoms with van der Waals surface area (Å²) in [5.74, 6) is 5.95. The van der Waals surface area contributed by atoms with Gasteiger partial charge in [-0.3, -0.25) is 19.5 Å². The van der Waals surface area contributed by atoms with Crippen molar-refractivity contribution < 1.29 is 4.92 Å². The van der Waals surface area contributed by atoms with Crippen molar-refractivity contribution in [3.05, 3.63) is 107 Å². The molecule has 0 amide bonds. The number of hydrogen-bond donors (Lipinski definition) is 1. The van der Waals surface area contributed by atoms with Gasteiger partial charge in [0, 0.05) is 6.20 Å². The van der Waals surface area contributed by atoms with Crippen LogP contribution in [0.25, 0.3) is 0 Å². The minimum Gasteiger partial charge on any atom is -0.396 e. The highest BCUT2D eigenvalue weighted by Gasteiger charge is 2.29. The van der Waals surface area contributed by atoms with Crippen molar-refractivity contribution in [2.24, 2.45) is 11.8 Å². The van der Waals surface area contributed by atoms with Crippen LogP contribution in [0.1, 0.15) is 48.9 Å². The van der Waals surface area contributed by atoms with Crippen LogP contribution >= 0.6 is 23.5 Å². The Hall–Kier alpha value is -3.24. The van der Waals surface area contributed by atoms with Crippen LogP contribution in [0.5, 0.6) is 0 Å². The predicted molar refractivity (Wildman–Crippen MR) is 165 cm³/mol. The molecule has 0 bridgehead atoms. The summed E-state index contributed by atoms with van der Waals surface area (Å²) < 4.78 is 3.82. The number of nitrogens with two attached hydrogens (primary N) is 1. The molecule has 0 aliphatic carbocycles. The fourth-order valence-electron chi connectivity index (χ4n) is 5.72. The molecule has 4 aromatic rings. The quantitative estimate of drug-likeness (QED) is 0.192. The number of nitrogen functional groups attached to an aromatic ring is 1. The second-order valence-corrected chi connectivity index (χ2v) is 12.7. The third kappa shape index (κ3) is 7.09. The zero-order chi connectivity index (χ0) is 27.7. The highest BCUT2D eigenvalue weighted by Crippen LogP contribution is 2.37. The molecule has 2 aliphatic heterocycles. The maximum absolute atomic E-state index is 10.9. The molecule has 4 heterocycles. The molecule has 2 N–H and O–H groups in total. The largest absolute Gasteiger partial charge is 0.396 e. The number of aromatic nitrogens is 4. The van der Waals surface area contributed by atoms with Crippen LogP contribution in [-0.4, -0.2) is 47.5 Å². The van der Waals surface area contributed by atoms with Crippen LogP contribution in [0.15, 0.2) is 85.5 Å². The van der Waals surface area contributed by atoms with Gasteiger partial charge in [-0.15, -0.1) is 0 Å². The molecule has 6 rings (SSSR count). The van der Waals surface area contributed by atoms with Crippen molar-refractivity contribution in [3.8, 4) is 0 Å². The summed E-state index contributed by atoms with van der Waals surface area (Å²) in [5.41, 5.74) is 9.14. The normalized spacial score (nSPS) is 17.9. The van der Waals surface area contributed by atoms with Gasteiger partial charge >= 0.3 is 5.69 Å². The molecule has 2 unspecified atom stereocenters. The molecule has 0 radical (unpaired) electrons. The van der Waals surface area contributed by atoms with Gasteiger partial charge in [-0.1, -0.05) is 60.7 Å². The summed E-state index contributed by atoms with van der Waals surface area (Å²) in [6, 6.07) is 21.3. The summed E-state index contributed by atoms with van der Waals surface area (Å²) in [6.07, 6.45) is 11.4. The van der Waals surface area contributed by atoms with E-state index in [1.54, 1.807) is 17.1 Å². The van der Waals surface area contributed by atoms with E-state index in [9.17, 15) is 10.1 Å². The SMILES string of the molecule is Nc1cnn(C(c2ccccc2)C2CCSCC2)c1.O=[N+]([O-])c1cnn(C(c2ccccc2)C2CCSCC2)c1. The molecule has 2 aromatic carbocycles. The molecule has 0 spiro atoms. The molecule has 2 aliphatic rings. The Balaban J connectivity index is 0.000000162. The predicted octanol–water partition coefficient (Wildman–Crippen LogP) is 6.72. The molecule has 8 nitrogen and oxygen atoms in total. The smallest absolute Gasteiger partial charge is 0.307 e. The number of thioether (sulfide) groups is 2. The summed E-state index contributed by atoms with van der Waals surface area (Å²) >= 11 is 4.04. The van der Waals surface area contributed by atoms with Crippen molar-refractivity contribution in [2.45, 2.75) is 37.8 Å². The van der Waals surface area contributed by atoms with E-state index in [4.69, 9.17) is 5.73 Å². The molecule has 2 saturated heterocycles. The fraction of sp³-hybridized carbons (Fsp3) is 0.400. The maximum atomic E-state index is 10.9. The summed E-state index contributed by atoms with van der Waals surface area (Å²) in [6.45, 7) is 0. The third-order valence-electron chi connectivity index (χ3n) is 7.70. The molecule has 2 aromatic heterocycles. The molecule has 10 heteroatoms. The number of nitrogens with zero attached hydrogens (tertiary/aromatic N) is 5. The highest BCUT2D eigenvalue weighted by molar-refractivity contribution is 7.99. The van der Waals surface area contributed by atoms with E-state index in [1.807, 2.05) is 40.8 Å². The molecule has 0 saturated carbocycles. The van der Waals surface area contributed by atoms with Crippen molar-refractivity contribution in [2.75, 3.05) is 28.7 Å². The van der Waals surface area contributed by atoms with Gasteiger partial charge in [0.2, 0.25) is 0 Å². The second kappa shape index (κ2) is 13.9. The van der Waals surface area contributed by atoms with Crippen LogP contribution < -0.4 is 5.73 Å². The van der Waals surface area contributed by atoms with Crippen LogP contribution in [0.4, 0.5) is 11.4 Å². The van der Waals surface area contributed by atoms with Crippen LogP contribution in [0.3, 0.4) is 0 Å². The zero-order valence-electron chi connectivity index (χ0n) is 22.5. The van der Waals surface area contributed by atoms with Crippen molar-refractivity contribution >= 4 is 34.9 Å². The molecular weight excluding hydrogens is 541 g/mol. The maximum Gasteiger partial charge on any atom is 0.307 e. The number of anilines is 1. The van der Waals surface area contributed by atoms with Gasteiger partial charge in [0.25, 0.3) is 0 Å². The van der Waals surface area contributed by atoms with E-state index >= 15 is 0 Å². The molecule has 40 heavy (non-hydrogen) atoms. The van der Waals surface area contributed by atoms with Gasteiger partial charge in [0.1, 0.15) is 12.4 Å². The first-order valence-electron chi connectivity index (χ1n) is 13.8. The van der Waals surface area contributed by atoms with Crippen LogP contribution in [0, 0.1) is 22.0 Å². The summed E-state index contributed by atoms with van der Waals surface area (Å²) in [7, 11) is 0. The first-order valence-corrected chi connectivity index (χ1v) is 16.1. The summed E-state index contributed by atoms with van der Waals surface area (Å²) in [5, 5.41) is 19.6. The first kappa shape index (κ1) is 28.3. The van der Waals surface area contributed by atoms with Gasteiger partial charge < -0.3 is 5.73 Å². The van der Waals surface area contributed by atoms with Gasteiger partial charge in [-0.25, -0.2) is 0 Å². The minimum atomic E-state index is -0.387.